The van der Waals surface area contributed by atoms with Crippen LogP contribution < -0.4 is 5.32 Å². The maximum atomic E-state index is 11.8. The van der Waals surface area contributed by atoms with Crippen LogP contribution in [0.2, 0.25) is 10.0 Å². The molecular formula is C12H11Cl2NO2. The van der Waals surface area contributed by atoms with Gasteiger partial charge in [-0.15, -0.1) is 0 Å². The molecule has 0 bridgehead atoms. The molecule has 3 nitrogen and oxygen atoms in total. The average Bonchev–Trinajstić information content (AvgIpc) is 2.41. The van der Waals surface area contributed by atoms with Crippen molar-refractivity contribution in [1.82, 2.24) is 5.32 Å². The first-order chi connectivity index (χ1) is 7.83. The van der Waals surface area contributed by atoms with E-state index in [2.05, 4.69) is 5.32 Å². The third kappa shape index (κ3) is 2.01. The zero-order valence-electron chi connectivity index (χ0n) is 9.34. The molecule has 1 heterocycles. The molecule has 1 aromatic carbocycles. The molecular weight excluding hydrogens is 261 g/mol. The normalized spacial score (nSPS) is 18.5. The van der Waals surface area contributed by atoms with E-state index in [1.165, 1.54) is 0 Å². The van der Waals surface area contributed by atoms with E-state index in [1.807, 2.05) is 0 Å². The molecule has 0 saturated heterocycles. The maximum Gasteiger partial charge on any atom is 0.256 e. The summed E-state index contributed by atoms with van der Waals surface area (Å²) in [4.78, 5) is 11.8. The molecule has 17 heavy (non-hydrogen) atoms. The SMILES string of the molecule is CC1(C)NC(=O)C(c2cc(Cl)ccc2Cl)=C1O. The van der Waals surface area contributed by atoms with E-state index in [-0.39, 0.29) is 17.2 Å². The fourth-order valence-corrected chi connectivity index (χ4v) is 2.15. The van der Waals surface area contributed by atoms with Crippen molar-refractivity contribution in [1.29, 1.82) is 0 Å². The molecule has 5 heteroatoms. The minimum Gasteiger partial charge on any atom is -0.509 e. The quantitative estimate of drug-likeness (QED) is 0.824. The molecule has 0 aliphatic carbocycles. The molecule has 2 rings (SSSR count). The minimum absolute atomic E-state index is 0.0216. The highest BCUT2D eigenvalue weighted by molar-refractivity contribution is 6.37. The Morgan fingerprint density at radius 2 is 1.94 bits per heavy atom. The van der Waals surface area contributed by atoms with Crippen LogP contribution in [0.1, 0.15) is 19.4 Å². The first-order valence-electron chi connectivity index (χ1n) is 5.04. The van der Waals surface area contributed by atoms with Crippen LogP contribution in [0.15, 0.2) is 24.0 Å². The van der Waals surface area contributed by atoms with Gasteiger partial charge in [-0.05, 0) is 32.0 Å². The summed E-state index contributed by atoms with van der Waals surface area (Å²) in [6, 6.07) is 4.79. The van der Waals surface area contributed by atoms with Gasteiger partial charge >= 0.3 is 0 Å². The van der Waals surface area contributed by atoms with Gasteiger partial charge in [-0.25, -0.2) is 0 Å². The summed E-state index contributed by atoms with van der Waals surface area (Å²) in [7, 11) is 0. The standard InChI is InChI=1S/C12H11Cl2NO2/c1-12(2)10(16)9(11(17)15-12)7-5-6(13)3-4-8(7)14/h3-5,16H,1-2H3,(H,15,17). The van der Waals surface area contributed by atoms with Gasteiger partial charge in [0.2, 0.25) is 0 Å². The van der Waals surface area contributed by atoms with Gasteiger partial charge in [0.25, 0.3) is 5.91 Å². The molecule has 0 radical (unpaired) electrons. The van der Waals surface area contributed by atoms with E-state index in [0.29, 0.717) is 15.6 Å². The summed E-state index contributed by atoms with van der Waals surface area (Å²) in [6.07, 6.45) is 0. The van der Waals surface area contributed by atoms with Crippen molar-refractivity contribution in [3.05, 3.63) is 39.6 Å². The number of rotatable bonds is 1. The molecule has 0 spiro atoms. The molecule has 1 amide bonds. The lowest BCUT2D eigenvalue weighted by Crippen LogP contribution is -2.38. The van der Waals surface area contributed by atoms with Crippen molar-refractivity contribution in [3.63, 3.8) is 0 Å². The predicted octanol–water partition coefficient (Wildman–Crippen LogP) is 3.17. The Hall–Kier alpha value is -1.19. The summed E-state index contributed by atoms with van der Waals surface area (Å²) in [6.45, 7) is 3.43. The van der Waals surface area contributed by atoms with E-state index in [0.717, 1.165) is 0 Å². The number of halogens is 2. The number of hydrogen-bond acceptors (Lipinski definition) is 2. The Morgan fingerprint density at radius 1 is 1.29 bits per heavy atom. The first kappa shape index (κ1) is 12.3. The van der Waals surface area contributed by atoms with Gasteiger partial charge in [0.05, 0.1) is 11.1 Å². The molecule has 0 aromatic heterocycles. The zero-order chi connectivity index (χ0) is 12.8. The smallest absolute Gasteiger partial charge is 0.256 e. The van der Waals surface area contributed by atoms with Crippen molar-refractivity contribution in [2.75, 3.05) is 0 Å². The maximum absolute atomic E-state index is 11.8. The lowest BCUT2D eigenvalue weighted by atomic mass is 9.99. The number of carbonyl (C=O) groups excluding carboxylic acids is 1. The van der Waals surface area contributed by atoms with Gasteiger partial charge in [0.1, 0.15) is 5.76 Å². The van der Waals surface area contributed by atoms with Crippen molar-refractivity contribution >= 4 is 34.7 Å². The second-order valence-electron chi connectivity index (χ2n) is 4.43. The average molecular weight is 272 g/mol. The topological polar surface area (TPSA) is 49.3 Å². The van der Waals surface area contributed by atoms with Crippen LogP contribution in [0.4, 0.5) is 0 Å². The molecule has 1 aromatic rings. The summed E-state index contributed by atoms with van der Waals surface area (Å²) in [5, 5.41) is 13.6. The van der Waals surface area contributed by atoms with Gasteiger partial charge in [-0.1, -0.05) is 23.2 Å². The number of carbonyl (C=O) groups is 1. The number of hydrogen-bond donors (Lipinski definition) is 2. The van der Waals surface area contributed by atoms with Crippen molar-refractivity contribution in [2.24, 2.45) is 0 Å². The monoisotopic (exact) mass is 271 g/mol. The predicted molar refractivity (Wildman–Crippen MR) is 68.2 cm³/mol. The summed E-state index contributed by atoms with van der Waals surface area (Å²) >= 11 is 11.9. The lowest BCUT2D eigenvalue weighted by molar-refractivity contribution is -0.115. The molecule has 2 N–H and O–H groups in total. The van der Waals surface area contributed by atoms with Crippen LogP contribution in [0, 0.1) is 0 Å². The van der Waals surface area contributed by atoms with Crippen LogP contribution in [-0.4, -0.2) is 16.6 Å². The van der Waals surface area contributed by atoms with Crippen LogP contribution in [-0.2, 0) is 4.79 Å². The zero-order valence-corrected chi connectivity index (χ0v) is 10.9. The van der Waals surface area contributed by atoms with Gasteiger partial charge in [-0.3, -0.25) is 4.79 Å². The molecule has 0 atom stereocenters. The Balaban J connectivity index is 2.64. The molecule has 0 unspecified atom stereocenters. The summed E-state index contributed by atoms with van der Waals surface area (Å²) < 4.78 is 0. The van der Waals surface area contributed by atoms with E-state index in [4.69, 9.17) is 23.2 Å². The molecule has 0 saturated carbocycles. The third-order valence-corrected chi connectivity index (χ3v) is 3.24. The number of aliphatic hydroxyl groups excluding tert-OH is 1. The minimum atomic E-state index is -0.780. The highest BCUT2D eigenvalue weighted by Gasteiger charge is 2.39. The third-order valence-electron chi connectivity index (χ3n) is 2.68. The Morgan fingerprint density at radius 3 is 2.47 bits per heavy atom. The van der Waals surface area contributed by atoms with Crippen LogP contribution in [0.5, 0.6) is 0 Å². The fraction of sp³-hybridized carbons (Fsp3) is 0.250. The molecule has 0 fully saturated rings. The molecule has 90 valence electrons. The highest BCUT2D eigenvalue weighted by Crippen LogP contribution is 2.35. The van der Waals surface area contributed by atoms with E-state index in [9.17, 15) is 9.90 Å². The number of nitrogens with one attached hydrogen (secondary N) is 1. The van der Waals surface area contributed by atoms with Crippen molar-refractivity contribution in [2.45, 2.75) is 19.4 Å². The van der Waals surface area contributed by atoms with Gasteiger partial charge < -0.3 is 10.4 Å². The Labute approximate surface area is 109 Å². The van der Waals surface area contributed by atoms with Crippen LogP contribution in [0.3, 0.4) is 0 Å². The van der Waals surface area contributed by atoms with Crippen LogP contribution in [0.25, 0.3) is 5.57 Å². The summed E-state index contributed by atoms with van der Waals surface area (Å²) in [5.74, 6) is -0.372. The number of amides is 1. The highest BCUT2D eigenvalue weighted by atomic mass is 35.5. The van der Waals surface area contributed by atoms with Crippen molar-refractivity contribution in [3.8, 4) is 0 Å². The Kier molecular flexibility index (Phi) is 2.84. The van der Waals surface area contributed by atoms with Gasteiger partial charge in [0, 0.05) is 15.6 Å². The van der Waals surface area contributed by atoms with E-state index < -0.39 is 5.54 Å². The van der Waals surface area contributed by atoms with Gasteiger partial charge in [0.15, 0.2) is 0 Å². The second-order valence-corrected chi connectivity index (χ2v) is 5.27. The largest absolute Gasteiger partial charge is 0.509 e. The summed E-state index contributed by atoms with van der Waals surface area (Å²) in [5.41, 5.74) is -0.153. The molecule has 1 aliphatic rings. The Bertz CT molecular complexity index is 535. The van der Waals surface area contributed by atoms with Gasteiger partial charge in [-0.2, -0.15) is 0 Å². The number of aliphatic hydroxyl groups is 1. The molecule has 1 aliphatic heterocycles. The second kappa shape index (κ2) is 3.93. The van der Waals surface area contributed by atoms with E-state index >= 15 is 0 Å². The lowest BCUT2D eigenvalue weighted by Gasteiger charge is -2.17. The van der Waals surface area contributed by atoms with Crippen LogP contribution >= 0.6 is 23.2 Å². The van der Waals surface area contributed by atoms with E-state index in [1.54, 1.807) is 32.0 Å². The first-order valence-corrected chi connectivity index (χ1v) is 5.80. The fourth-order valence-electron chi connectivity index (χ4n) is 1.76. The van der Waals surface area contributed by atoms with Crippen molar-refractivity contribution < 1.29 is 9.90 Å². The number of benzene rings is 1.